The third-order valence-electron chi connectivity index (χ3n) is 3.36. The first-order valence-electron chi connectivity index (χ1n) is 6.03. The molecule has 2 rings (SSSR count). The molecule has 1 aliphatic carbocycles. The van der Waals surface area contributed by atoms with Crippen LogP contribution in [-0.2, 0) is 6.54 Å². The first kappa shape index (κ1) is 11.3. The van der Waals surface area contributed by atoms with Crippen molar-refractivity contribution >= 4 is 5.78 Å². The topological polar surface area (TPSA) is 60.9 Å². The summed E-state index contributed by atoms with van der Waals surface area (Å²) in [5.41, 5.74) is 5.91. The lowest BCUT2D eigenvalue weighted by Crippen LogP contribution is -2.32. The molecule has 1 aromatic heterocycles. The van der Waals surface area contributed by atoms with E-state index in [2.05, 4.69) is 4.98 Å². The van der Waals surface area contributed by atoms with E-state index in [4.69, 9.17) is 5.73 Å². The number of Topliss-reactive ketones (excluding diaryl/α,β-unsaturated/α-hetero) is 1. The second-order valence-corrected chi connectivity index (χ2v) is 4.52. The first-order chi connectivity index (χ1) is 7.72. The average molecular weight is 221 g/mol. The second kappa shape index (κ2) is 4.78. The molecule has 4 nitrogen and oxygen atoms in total. The predicted molar refractivity (Wildman–Crippen MR) is 62.2 cm³/mol. The number of nitrogens with two attached hydrogens (primary N) is 1. The number of carbonyl (C=O) groups excluding carboxylic acids is 1. The summed E-state index contributed by atoms with van der Waals surface area (Å²) in [6.07, 6.45) is 7.43. The summed E-state index contributed by atoms with van der Waals surface area (Å²) in [5.74, 6) is 0.847. The number of rotatable bonds is 3. The van der Waals surface area contributed by atoms with Crippen LogP contribution in [0.3, 0.4) is 0 Å². The molecule has 2 atom stereocenters. The fraction of sp³-hybridized carbons (Fsp3) is 0.667. The number of carbonyl (C=O) groups is 1. The predicted octanol–water partition coefficient (Wildman–Crippen LogP) is 1.60. The average Bonchev–Trinajstić information content (AvgIpc) is 2.76. The number of nitrogens with zero attached hydrogens (tertiary/aromatic N) is 2. The lowest BCUT2D eigenvalue weighted by atomic mass is 9.83. The summed E-state index contributed by atoms with van der Waals surface area (Å²) >= 11 is 0. The SMILES string of the molecule is CCn1ccnc1C(=O)C1CCCC(N)C1. The molecule has 0 bridgehead atoms. The van der Waals surface area contributed by atoms with Gasteiger partial charge in [0.25, 0.3) is 0 Å². The van der Waals surface area contributed by atoms with E-state index >= 15 is 0 Å². The van der Waals surface area contributed by atoms with Gasteiger partial charge in [-0.25, -0.2) is 4.98 Å². The van der Waals surface area contributed by atoms with Gasteiger partial charge in [0.15, 0.2) is 5.82 Å². The van der Waals surface area contributed by atoms with E-state index in [0.717, 1.165) is 32.2 Å². The molecule has 1 heterocycles. The van der Waals surface area contributed by atoms with E-state index in [1.54, 1.807) is 6.20 Å². The van der Waals surface area contributed by atoms with Gasteiger partial charge in [0.2, 0.25) is 5.78 Å². The van der Waals surface area contributed by atoms with Crippen molar-refractivity contribution in [1.82, 2.24) is 9.55 Å². The standard InChI is InChI=1S/C12H19N3O/c1-2-15-7-6-14-12(15)11(16)9-4-3-5-10(13)8-9/h6-7,9-10H,2-5,8,13H2,1H3. The molecular formula is C12H19N3O. The van der Waals surface area contributed by atoms with Gasteiger partial charge in [0.05, 0.1) is 0 Å². The quantitative estimate of drug-likeness (QED) is 0.789. The minimum atomic E-state index is 0.0800. The highest BCUT2D eigenvalue weighted by molar-refractivity contribution is 5.94. The highest BCUT2D eigenvalue weighted by atomic mass is 16.1. The van der Waals surface area contributed by atoms with E-state index in [9.17, 15) is 4.79 Å². The molecule has 88 valence electrons. The van der Waals surface area contributed by atoms with Crippen LogP contribution in [0.25, 0.3) is 0 Å². The summed E-state index contributed by atoms with van der Waals surface area (Å²) in [6.45, 7) is 2.81. The summed E-state index contributed by atoms with van der Waals surface area (Å²) in [7, 11) is 0. The highest BCUT2D eigenvalue weighted by Gasteiger charge is 2.28. The van der Waals surface area contributed by atoms with Crippen LogP contribution in [0.2, 0.25) is 0 Å². The van der Waals surface area contributed by atoms with Gasteiger partial charge >= 0.3 is 0 Å². The van der Waals surface area contributed by atoms with Crippen molar-refractivity contribution in [2.24, 2.45) is 11.7 Å². The maximum Gasteiger partial charge on any atom is 0.201 e. The summed E-state index contributed by atoms with van der Waals surface area (Å²) in [6, 6.07) is 0.188. The molecule has 0 aliphatic heterocycles. The van der Waals surface area contributed by atoms with Gasteiger partial charge < -0.3 is 10.3 Å². The van der Waals surface area contributed by atoms with E-state index in [1.165, 1.54) is 0 Å². The van der Waals surface area contributed by atoms with Gasteiger partial charge in [-0.05, 0) is 26.2 Å². The third-order valence-corrected chi connectivity index (χ3v) is 3.36. The molecule has 4 heteroatoms. The maximum absolute atomic E-state index is 12.2. The van der Waals surface area contributed by atoms with Gasteiger partial charge in [-0.2, -0.15) is 0 Å². The van der Waals surface area contributed by atoms with Gasteiger partial charge in [-0.1, -0.05) is 6.42 Å². The van der Waals surface area contributed by atoms with Gasteiger partial charge in [-0.3, -0.25) is 4.79 Å². The Bertz CT molecular complexity index is 372. The maximum atomic E-state index is 12.2. The molecule has 0 saturated heterocycles. The molecule has 1 fully saturated rings. The van der Waals surface area contributed by atoms with Crippen LogP contribution in [0, 0.1) is 5.92 Å². The van der Waals surface area contributed by atoms with E-state index in [1.807, 2.05) is 17.7 Å². The second-order valence-electron chi connectivity index (χ2n) is 4.52. The summed E-state index contributed by atoms with van der Waals surface area (Å²) < 4.78 is 1.91. The zero-order valence-electron chi connectivity index (χ0n) is 9.72. The van der Waals surface area contributed by atoms with Crippen molar-refractivity contribution in [3.8, 4) is 0 Å². The number of hydrogen-bond acceptors (Lipinski definition) is 3. The summed E-state index contributed by atoms with van der Waals surface area (Å²) in [5, 5.41) is 0. The molecule has 1 saturated carbocycles. The van der Waals surface area contributed by atoms with Crippen molar-refractivity contribution < 1.29 is 4.79 Å². The fourth-order valence-corrected chi connectivity index (χ4v) is 2.44. The van der Waals surface area contributed by atoms with Crippen LogP contribution in [0.4, 0.5) is 0 Å². The smallest absolute Gasteiger partial charge is 0.201 e. The Morgan fingerprint density at radius 2 is 2.44 bits per heavy atom. The van der Waals surface area contributed by atoms with E-state index < -0.39 is 0 Å². The molecule has 1 aliphatic rings. The first-order valence-corrected chi connectivity index (χ1v) is 6.03. The van der Waals surface area contributed by atoms with Crippen molar-refractivity contribution in [2.75, 3.05) is 0 Å². The monoisotopic (exact) mass is 221 g/mol. The molecule has 0 spiro atoms. The Labute approximate surface area is 95.9 Å². The van der Waals surface area contributed by atoms with Gasteiger partial charge in [0, 0.05) is 30.9 Å². The Balaban J connectivity index is 2.12. The van der Waals surface area contributed by atoms with Gasteiger partial charge in [0.1, 0.15) is 0 Å². The van der Waals surface area contributed by atoms with Crippen LogP contribution in [0.5, 0.6) is 0 Å². The minimum absolute atomic E-state index is 0.0800. The Hall–Kier alpha value is -1.16. The molecule has 2 N–H and O–H groups in total. The van der Waals surface area contributed by atoms with Crippen molar-refractivity contribution in [2.45, 2.75) is 45.2 Å². The molecule has 0 radical (unpaired) electrons. The Morgan fingerprint density at radius 1 is 1.62 bits per heavy atom. The minimum Gasteiger partial charge on any atom is -0.329 e. The van der Waals surface area contributed by atoms with Crippen LogP contribution in [0.1, 0.15) is 43.2 Å². The number of aryl methyl sites for hydroxylation is 1. The van der Waals surface area contributed by atoms with Crippen LogP contribution < -0.4 is 5.73 Å². The number of aromatic nitrogens is 2. The molecule has 16 heavy (non-hydrogen) atoms. The summed E-state index contributed by atoms with van der Waals surface area (Å²) in [4.78, 5) is 16.4. The lowest BCUT2D eigenvalue weighted by molar-refractivity contribution is 0.0866. The zero-order valence-corrected chi connectivity index (χ0v) is 9.72. The number of imidazole rings is 1. The van der Waals surface area contributed by atoms with Crippen LogP contribution in [-0.4, -0.2) is 21.4 Å². The molecular weight excluding hydrogens is 202 g/mol. The fourth-order valence-electron chi connectivity index (χ4n) is 2.44. The highest BCUT2D eigenvalue weighted by Crippen LogP contribution is 2.25. The Kier molecular flexibility index (Phi) is 3.39. The van der Waals surface area contributed by atoms with Crippen LogP contribution >= 0.6 is 0 Å². The molecule has 1 aromatic rings. The third kappa shape index (κ3) is 2.16. The number of hydrogen-bond donors (Lipinski definition) is 1. The van der Waals surface area contributed by atoms with E-state index in [0.29, 0.717) is 5.82 Å². The van der Waals surface area contributed by atoms with Gasteiger partial charge in [-0.15, -0.1) is 0 Å². The molecule has 0 amide bonds. The van der Waals surface area contributed by atoms with E-state index in [-0.39, 0.29) is 17.7 Å². The largest absolute Gasteiger partial charge is 0.329 e. The zero-order chi connectivity index (χ0) is 11.5. The normalized spacial score (nSPS) is 25.6. The molecule has 0 aromatic carbocycles. The number of ketones is 1. The van der Waals surface area contributed by atoms with Crippen molar-refractivity contribution in [3.05, 3.63) is 18.2 Å². The van der Waals surface area contributed by atoms with Crippen LogP contribution in [0.15, 0.2) is 12.4 Å². The Morgan fingerprint density at radius 3 is 3.12 bits per heavy atom. The lowest BCUT2D eigenvalue weighted by Gasteiger charge is -2.25. The molecule has 2 unspecified atom stereocenters. The van der Waals surface area contributed by atoms with Crippen molar-refractivity contribution in [1.29, 1.82) is 0 Å². The van der Waals surface area contributed by atoms with Crippen molar-refractivity contribution in [3.63, 3.8) is 0 Å².